The van der Waals surface area contributed by atoms with Crippen molar-refractivity contribution in [3.8, 4) is 10.6 Å². The van der Waals surface area contributed by atoms with E-state index in [1.165, 1.54) is 22.7 Å². The second-order valence-electron chi connectivity index (χ2n) is 4.08. The molecule has 0 saturated carbocycles. The molecule has 0 aliphatic carbocycles. The zero-order chi connectivity index (χ0) is 13.0. The second kappa shape index (κ2) is 3.72. The monoisotopic (exact) mass is 288 g/mol. The Morgan fingerprint density at radius 2 is 2.11 bits per heavy atom. The number of benzene rings is 1. The second-order valence-corrected chi connectivity index (χ2v) is 6.10. The minimum atomic E-state index is 0.584. The molecule has 1 aromatic carbocycles. The number of hydrogen-bond acceptors (Lipinski definition) is 7. The fraction of sp³-hybridized carbons (Fsp3) is 0.0909. The van der Waals surface area contributed by atoms with Crippen LogP contribution in [0.1, 0.15) is 5.82 Å². The van der Waals surface area contributed by atoms with Gasteiger partial charge in [0.25, 0.3) is 0 Å². The number of thiazole rings is 1. The standard InChI is InChI=1S/C11H8N6S2/c1-5-14-15-11-17(5)16-9(19-11)6-2-3-7-8(4-6)18-10(12)13-7/h2-4H,1H3,(H2,12,13). The van der Waals surface area contributed by atoms with Gasteiger partial charge in [-0.2, -0.15) is 9.61 Å². The van der Waals surface area contributed by atoms with Gasteiger partial charge in [0.15, 0.2) is 11.0 Å². The Hall–Kier alpha value is -2.06. The molecule has 8 heteroatoms. The Bertz CT molecular complexity index is 902. The first-order valence-corrected chi connectivity index (χ1v) is 7.19. The van der Waals surface area contributed by atoms with Gasteiger partial charge >= 0.3 is 0 Å². The van der Waals surface area contributed by atoms with Crippen molar-refractivity contribution in [2.75, 3.05) is 5.73 Å². The molecule has 0 unspecified atom stereocenters. The van der Waals surface area contributed by atoms with Crippen molar-refractivity contribution in [3.63, 3.8) is 0 Å². The van der Waals surface area contributed by atoms with Gasteiger partial charge in [-0.05, 0) is 25.1 Å². The number of aromatic nitrogens is 5. The molecule has 0 spiro atoms. The molecule has 94 valence electrons. The molecule has 0 amide bonds. The van der Waals surface area contributed by atoms with Crippen LogP contribution in [0.25, 0.3) is 25.7 Å². The van der Waals surface area contributed by atoms with Gasteiger partial charge in [0.1, 0.15) is 5.01 Å². The summed E-state index contributed by atoms with van der Waals surface area (Å²) in [4.78, 5) is 5.05. The third kappa shape index (κ3) is 1.60. The van der Waals surface area contributed by atoms with Gasteiger partial charge in [0, 0.05) is 5.56 Å². The molecule has 0 radical (unpaired) electrons. The van der Waals surface area contributed by atoms with E-state index in [0.717, 1.165) is 31.6 Å². The third-order valence-corrected chi connectivity index (χ3v) is 4.59. The SMILES string of the molecule is Cc1nnc2sc(-c3ccc4nc(N)sc4c3)nn12. The Morgan fingerprint density at radius 1 is 1.21 bits per heavy atom. The van der Waals surface area contributed by atoms with E-state index in [-0.39, 0.29) is 0 Å². The molecule has 4 aromatic rings. The molecule has 6 nitrogen and oxygen atoms in total. The fourth-order valence-corrected chi connectivity index (χ4v) is 3.56. The lowest BCUT2D eigenvalue weighted by Gasteiger charge is -1.94. The Morgan fingerprint density at radius 3 is 2.95 bits per heavy atom. The average Bonchev–Trinajstić information content (AvgIpc) is 3.03. The summed E-state index contributed by atoms with van der Waals surface area (Å²) in [5.74, 6) is 0.792. The van der Waals surface area contributed by atoms with Crippen LogP contribution in [0.3, 0.4) is 0 Å². The van der Waals surface area contributed by atoms with Crippen LogP contribution in [0, 0.1) is 6.92 Å². The fourth-order valence-electron chi connectivity index (χ4n) is 1.91. The molecule has 0 aliphatic heterocycles. The minimum absolute atomic E-state index is 0.584. The van der Waals surface area contributed by atoms with Crippen LogP contribution in [0.2, 0.25) is 0 Å². The summed E-state index contributed by atoms with van der Waals surface area (Å²) in [6, 6.07) is 6.03. The van der Waals surface area contributed by atoms with E-state index in [1.54, 1.807) is 4.52 Å². The number of nitrogen functional groups attached to an aromatic ring is 1. The summed E-state index contributed by atoms with van der Waals surface area (Å²) >= 11 is 3.00. The number of nitrogens with zero attached hydrogens (tertiary/aromatic N) is 5. The van der Waals surface area contributed by atoms with E-state index in [9.17, 15) is 0 Å². The molecular formula is C11H8N6S2. The lowest BCUT2D eigenvalue weighted by atomic mass is 10.2. The van der Waals surface area contributed by atoms with E-state index in [2.05, 4.69) is 26.3 Å². The molecule has 0 aliphatic rings. The molecule has 2 N–H and O–H groups in total. The number of nitrogens with two attached hydrogens (primary N) is 1. The van der Waals surface area contributed by atoms with E-state index in [0.29, 0.717) is 5.13 Å². The number of hydrogen-bond donors (Lipinski definition) is 1. The smallest absolute Gasteiger partial charge is 0.234 e. The topological polar surface area (TPSA) is 82.0 Å². The lowest BCUT2D eigenvalue weighted by molar-refractivity contribution is 0.898. The van der Waals surface area contributed by atoms with Gasteiger partial charge in [-0.25, -0.2) is 4.98 Å². The van der Waals surface area contributed by atoms with Crippen molar-refractivity contribution >= 4 is 43.0 Å². The van der Waals surface area contributed by atoms with E-state index in [1.807, 2.05) is 19.1 Å². The summed E-state index contributed by atoms with van der Waals surface area (Å²) in [5, 5.41) is 14.1. The summed E-state index contributed by atoms with van der Waals surface area (Å²) < 4.78 is 2.82. The molecule has 0 fully saturated rings. The first-order valence-electron chi connectivity index (χ1n) is 5.56. The quantitative estimate of drug-likeness (QED) is 0.581. The maximum absolute atomic E-state index is 5.72. The van der Waals surface area contributed by atoms with Crippen LogP contribution >= 0.6 is 22.7 Å². The zero-order valence-electron chi connectivity index (χ0n) is 9.86. The maximum atomic E-state index is 5.72. The first kappa shape index (κ1) is 10.8. The number of anilines is 1. The predicted molar refractivity (Wildman–Crippen MR) is 76.4 cm³/mol. The molecule has 0 saturated heterocycles. The number of fused-ring (bicyclic) bond motifs is 2. The van der Waals surface area contributed by atoms with Crippen molar-refractivity contribution in [2.45, 2.75) is 6.92 Å². The molecule has 3 aromatic heterocycles. The Balaban J connectivity index is 1.92. The van der Waals surface area contributed by atoms with Crippen LogP contribution in [0.5, 0.6) is 0 Å². The molecule has 0 bridgehead atoms. The van der Waals surface area contributed by atoms with Crippen LogP contribution in [-0.4, -0.2) is 24.8 Å². The third-order valence-electron chi connectivity index (χ3n) is 2.80. The van der Waals surface area contributed by atoms with E-state index >= 15 is 0 Å². The summed E-state index contributed by atoms with van der Waals surface area (Å²) in [5.41, 5.74) is 7.68. The van der Waals surface area contributed by atoms with Gasteiger partial charge in [-0.3, -0.25) is 0 Å². The number of rotatable bonds is 1. The van der Waals surface area contributed by atoms with Crippen LogP contribution < -0.4 is 5.73 Å². The average molecular weight is 288 g/mol. The molecular weight excluding hydrogens is 280 g/mol. The molecule has 19 heavy (non-hydrogen) atoms. The summed E-state index contributed by atoms with van der Waals surface area (Å²) in [6.07, 6.45) is 0. The van der Waals surface area contributed by atoms with Crippen LogP contribution in [0.15, 0.2) is 18.2 Å². The van der Waals surface area contributed by atoms with Gasteiger partial charge in [-0.15, -0.1) is 10.2 Å². The molecule has 4 rings (SSSR count). The summed E-state index contributed by atoms with van der Waals surface area (Å²) in [7, 11) is 0. The highest BCUT2D eigenvalue weighted by molar-refractivity contribution is 7.22. The predicted octanol–water partition coefficient (Wildman–Crippen LogP) is 2.35. The van der Waals surface area contributed by atoms with Gasteiger partial charge in [0.2, 0.25) is 4.96 Å². The highest BCUT2D eigenvalue weighted by Crippen LogP contribution is 2.31. The van der Waals surface area contributed by atoms with Crippen molar-refractivity contribution in [2.24, 2.45) is 0 Å². The molecule has 3 heterocycles. The number of aryl methyl sites for hydroxylation is 1. The Kier molecular flexibility index (Phi) is 2.12. The van der Waals surface area contributed by atoms with Crippen molar-refractivity contribution in [3.05, 3.63) is 24.0 Å². The lowest BCUT2D eigenvalue weighted by Crippen LogP contribution is -1.88. The first-order chi connectivity index (χ1) is 9.20. The van der Waals surface area contributed by atoms with Crippen molar-refractivity contribution < 1.29 is 0 Å². The largest absolute Gasteiger partial charge is 0.375 e. The Labute approximate surface area is 115 Å². The van der Waals surface area contributed by atoms with Gasteiger partial charge in [0.05, 0.1) is 10.2 Å². The zero-order valence-corrected chi connectivity index (χ0v) is 11.5. The minimum Gasteiger partial charge on any atom is -0.375 e. The molecule has 0 atom stereocenters. The highest BCUT2D eigenvalue weighted by atomic mass is 32.1. The van der Waals surface area contributed by atoms with E-state index in [4.69, 9.17) is 5.73 Å². The van der Waals surface area contributed by atoms with Crippen LogP contribution in [0.4, 0.5) is 5.13 Å². The van der Waals surface area contributed by atoms with Gasteiger partial charge < -0.3 is 5.73 Å². The highest BCUT2D eigenvalue weighted by Gasteiger charge is 2.11. The van der Waals surface area contributed by atoms with Crippen LogP contribution in [-0.2, 0) is 0 Å². The summed E-state index contributed by atoms with van der Waals surface area (Å²) in [6.45, 7) is 1.89. The normalized spacial score (nSPS) is 11.6. The maximum Gasteiger partial charge on any atom is 0.234 e. The van der Waals surface area contributed by atoms with Gasteiger partial charge in [-0.1, -0.05) is 22.7 Å². The van der Waals surface area contributed by atoms with E-state index < -0.39 is 0 Å². The van der Waals surface area contributed by atoms with Crippen molar-refractivity contribution in [1.29, 1.82) is 0 Å². The van der Waals surface area contributed by atoms with Crippen molar-refractivity contribution in [1.82, 2.24) is 24.8 Å².